The summed E-state index contributed by atoms with van der Waals surface area (Å²) < 4.78 is 24.6. The van der Waals surface area contributed by atoms with E-state index < -0.39 is 10.0 Å². The lowest BCUT2D eigenvalue weighted by atomic mass is 10.4. The van der Waals surface area contributed by atoms with Crippen LogP contribution in [0, 0.1) is 0 Å². The van der Waals surface area contributed by atoms with Crippen molar-refractivity contribution in [3.63, 3.8) is 0 Å². The third-order valence-electron chi connectivity index (χ3n) is 3.92. The lowest BCUT2D eigenvalue weighted by Gasteiger charge is -2.22. The van der Waals surface area contributed by atoms with E-state index in [-0.39, 0.29) is 11.8 Å². The van der Waals surface area contributed by atoms with Crippen LogP contribution in [0.4, 0.5) is 4.79 Å². The molecule has 0 spiro atoms. The Bertz CT molecular complexity index is 597. The molecule has 23 heavy (non-hydrogen) atoms. The zero-order valence-corrected chi connectivity index (χ0v) is 15.3. The summed E-state index contributed by atoms with van der Waals surface area (Å²) in [5.41, 5.74) is 0. The predicted molar refractivity (Wildman–Crippen MR) is 93.0 cm³/mol. The molecule has 8 heteroatoms. The van der Waals surface area contributed by atoms with E-state index in [2.05, 4.69) is 5.32 Å². The standard InChI is InChI=1S/C15H25N3O3S2/c1-3-23(20,21)17(2)10-5-9-16-15(19)18(13-7-8-13)12-14-6-4-11-22-14/h4,6,11,13H,3,5,7-10,12H2,1-2H3,(H,16,19). The molecule has 1 fully saturated rings. The Labute approximate surface area is 142 Å². The van der Waals surface area contributed by atoms with Gasteiger partial charge in [0, 0.05) is 31.1 Å². The SMILES string of the molecule is CCS(=O)(=O)N(C)CCCNC(=O)N(Cc1cccs1)C1CC1. The second kappa shape index (κ2) is 8.12. The second-order valence-electron chi connectivity index (χ2n) is 5.75. The Morgan fingerprint density at radius 2 is 2.17 bits per heavy atom. The molecule has 0 aliphatic heterocycles. The zero-order valence-electron chi connectivity index (χ0n) is 13.7. The number of sulfonamides is 1. The predicted octanol–water partition coefficient (Wildman–Crippen LogP) is 2.09. The number of thiophene rings is 1. The summed E-state index contributed by atoms with van der Waals surface area (Å²) in [6.07, 6.45) is 2.74. The molecule has 1 saturated carbocycles. The first-order valence-electron chi connectivity index (χ1n) is 7.95. The van der Waals surface area contributed by atoms with Crippen molar-refractivity contribution in [1.82, 2.24) is 14.5 Å². The van der Waals surface area contributed by atoms with Crippen LogP contribution in [-0.4, -0.2) is 55.6 Å². The highest BCUT2D eigenvalue weighted by molar-refractivity contribution is 7.89. The van der Waals surface area contributed by atoms with Crippen LogP contribution in [0.3, 0.4) is 0 Å². The molecule has 1 aliphatic rings. The number of carbonyl (C=O) groups is 1. The van der Waals surface area contributed by atoms with Crippen molar-refractivity contribution in [2.45, 2.75) is 38.8 Å². The van der Waals surface area contributed by atoms with Gasteiger partial charge in [0.2, 0.25) is 10.0 Å². The summed E-state index contributed by atoms with van der Waals surface area (Å²) in [5.74, 6) is 0.103. The Hall–Kier alpha value is -1.12. The number of urea groups is 1. The lowest BCUT2D eigenvalue weighted by molar-refractivity contribution is 0.192. The molecule has 6 nitrogen and oxygen atoms in total. The molecule has 1 N–H and O–H groups in total. The van der Waals surface area contributed by atoms with Crippen molar-refractivity contribution in [2.24, 2.45) is 0 Å². The minimum atomic E-state index is -3.14. The average molecular weight is 360 g/mol. The van der Waals surface area contributed by atoms with Crippen LogP contribution >= 0.6 is 11.3 Å². The quantitative estimate of drug-likeness (QED) is 0.687. The van der Waals surface area contributed by atoms with Gasteiger partial charge in [0.25, 0.3) is 0 Å². The Morgan fingerprint density at radius 3 is 2.74 bits per heavy atom. The van der Waals surface area contributed by atoms with Gasteiger partial charge in [0.05, 0.1) is 12.3 Å². The highest BCUT2D eigenvalue weighted by Gasteiger charge is 2.32. The van der Waals surface area contributed by atoms with Gasteiger partial charge in [-0.3, -0.25) is 0 Å². The van der Waals surface area contributed by atoms with Crippen LogP contribution in [0.1, 0.15) is 31.1 Å². The number of carbonyl (C=O) groups excluding carboxylic acids is 1. The molecule has 2 rings (SSSR count). The Kier molecular flexibility index (Phi) is 6.43. The summed E-state index contributed by atoms with van der Waals surface area (Å²) in [6.45, 7) is 3.19. The van der Waals surface area contributed by atoms with Gasteiger partial charge >= 0.3 is 6.03 Å². The number of nitrogens with zero attached hydrogens (tertiary/aromatic N) is 2. The van der Waals surface area contributed by atoms with Gasteiger partial charge < -0.3 is 10.2 Å². The molecule has 1 aromatic rings. The van der Waals surface area contributed by atoms with Gasteiger partial charge in [0.15, 0.2) is 0 Å². The largest absolute Gasteiger partial charge is 0.338 e. The summed E-state index contributed by atoms with van der Waals surface area (Å²) in [5, 5.41) is 4.93. The molecule has 0 bridgehead atoms. The van der Waals surface area contributed by atoms with Crippen molar-refractivity contribution in [1.29, 1.82) is 0 Å². The van der Waals surface area contributed by atoms with Gasteiger partial charge in [-0.25, -0.2) is 17.5 Å². The van der Waals surface area contributed by atoms with Crippen molar-refractivity contribution < 1.29 is 13.2 Å². The van der Waals surface area contributed by atoms with Gasteiger partial charge in [-0.05, 0) is 37.6 Å². The number of amides is 2. The highest BCUT2D eigenvalue weighted by atomic mass is 32.2. The van der Waals surface area contributed by atoms with E-state index in [1.54, 1.807) is 25.3 Å². The fourth-order valence-corrected chi connectivity index (χ4v) is 3.83. The minimum Gasteiger partial charge on any atom is -0.338 e. The van der Waals surface area contributed by atoms with Crippen molar-refractivity contribution in [2.75, 3.05) is 25.9 Å². The first-order chi connectivity index (χ1) is 10.9. The van der Waals surface area contributed by atoms with Crippen LogP contribution < -0.4 is 5.32 Å². The van der Waals surface area contributed by atoms with E-state index in [0.29, 0.717) is 32.1 Å². The van der Waals surface area contributed by atoms with Crippen molar-refractivity contribution >= 4 is 27.4 Å². The van der Waals surface area contributed by atoms with Crippen LogP contribution in [0.25, 0.3) is 0 Å². The number of nitrogens with one attached hydrogen (secondary N) is 1. The summed E-state index contributed by atoms with van der Waals surface area (Å²) in [6, 6.07) is 4.33. The van der Waals surface area contributed by atoms with Crippen LogP contribution in [0.2, 0.25) is 0 Å². The van der Waals surface area contributed by atoms with E-state index >= 15 is 0 Å². The Morgan fingerprint density at radius 1 is 1.43 bits per heavy atom. The highest BCUT2D eigenvalue weighted by Crippen LogP contribution is 2.29. The third-order valence-corrected chi connectivity index (χ3v) is 6.64. The average Bonchev–Trinajstić information content (AvgIpc) is 3.24. The maximum absolute atomic E-state index is 12.3. The van der Waals surface area contributed by atoms with E-state index in [4.69, 9.17) is 0 Å². The van der Waals surface area contributed by atoms with Crippen LogP contribution in [0.5, 0.6) is 0 Å². The molecule has 2 amide bonds. The number of hydrogen-bond acceptors (Lipinski definition) is 4. The zero-order chi connectivity index (χ0) is 16.9. The van der Waals surface area contributed by atoms with Crippen molar-refractivity contribution in [3.05, 3.63) is 22.4 Å². The fourth-order valence-electron chi connectivity index (χ4n) is 2.28. The minimum absolute atomic E-state index is 0.0538. The molecular weight excluding hydrogens is 334 g/mol. The van der Waals surface area contributed by atoms with Gasteiger partial charge in [-0.1, -0.05) is 6.07 Å². The second-order valence-corrected chi connectivity index (χ2v) is 9.14. The smallest absolute Gasteiger partial charge is 0.317 e. The maximum atomic E-state index is 12.3. The Balaban J connectivity index is 1.74. The number of rotatable bonds is 9. The van der Waals surface area contributed by atoms with E-state index in [0.717, 1.165) is 12.8 Å². The van der Waals surface area contributed by atoms with Gasteiger partial charge in [-0.15, -0.1) is 11.3 Å². The molecule has 0 unspecified atom stereocenters. The molecule has 1 aliphatic carbocycles. The van der Waals surface area contributed by atoms with Gasteiger partial charge in [0.1, 0.15) is 0 Å². The lowest BCUT2D eigenvalue weighted by Crippen LogP contribution is -2.41. The molecule has 0 saturated heterocycles. The van der Waals surface area contributed by atoms with Gasteiger partial charge in [-0.2, -0.15) is 0 Å². The molecule has 1 heterocycles. The van der Waals surface area contributed by atoms with E-state index in [9.17, 15) is 13.2 Å². The third kappa shape index (κ3) is 5.47. The summed E-state index contributed by atoms with van der Waals surface area (Å²) in [7, 11) is -1.56. The van der Waals surface area contributed by atoms with E-state index in [1.165, 1.54) is 9.18 Å². The monoisotopic (exact) mass is 359 g/mol. The number of hydrogen-bond donors (Lipinski definition) is 1. The topological polar surface area (TPSA) is 69.7 Å². The summed E-state index contributed by atoms with van der Waals surface area (Å²) in [4.78, 5) is 15.4. The van der Waals surface area contributed by atoms with Crippen LogP contribution in [-0.2, 0) is 16.6 Å². The normalized spacial score (nSPS) is 14.9. The fraction of sp³-hybridized carbons (Fsp3) is 0.667. The molecule has 0 radical (unpaired) electrons. The first-order valence-corrected chi connectivity index (χ1v) is 10.4. The first kappa shape index (κ1) is 18.2. The van der Waals surface area contributed by atoms with Crippen molar-refractivity contribution in [3.8, 4) is 0 Å². The van der Waals surface area contributed by atoms with Crippen LogP contribution in [0.15, 0.2) is 17.5 Å². The molecule has 130 valence electrons. The molecule has 0 atom stereocenters. The molecule has 1 aromatic heterocycles. The molecular formula is C15H25N3O3S2. The maximum Gasteiger partial charge on any atom is 0.317 e. The summed E-state index contributed by atoms with van der Waals surface area (Å²) >= 11 is 1.66. The molecule has 0 aromatic carbocycles. The van der Waals surface area contributed by atoms with E-state index in [1.807, 2.05) is 22.4 Å².